The van der Waals surface area contributed by atoms with Gasteiger partial charge >= 0.3 is 0 Å². The monoisotopic (exact) mass is 168 g/mol. The highest BCUT2D eigenvalue weighted by atomic mass is 16.3. The molecule has 0 saturated heterocycles. The number of hydrogen-bond donors (Lipinski definition) is 1. The highest BCUT2D eigenvalue weighted by Gasteiger charge is 2.66. The van der Waals surface area contributed by atoms with E-state index in [2.05, 4.69) is 6.92 Å². The molecule has 0 atom stereocenters. The third-order valence-electron chi connectivity index (χ3n) is 3.90. The molecule has 0 aliphatic heterocycles. The molecule has 70 valence electrons. The molecule has 12 heavy (non-hydrogen) atoms. The number of aliphatic hydroxyl groups excluding tert-OH is 1. The van der Waals surface area contributed by atoms with E-state index in [9.17, 15) is 0 Å². The fourth-order valence-electron chi connectivity index (χ4n) is 3.41. The van der Waals surface area contributed by atoms with E-state index in [0.717, 1.165) is 5.41 Å². The van der Waals surface area contributed by atoms with Crippen molar-refractivity contribution in [3.8, 4) is 0 Å². The molecule has 0 unspecified atom stereocenters. The SMILES string of the molecule is CCCCCC12CC(CO)(C1)C2. The third-order valence-corrected chi connectivity index (χ3v) is 3.90. The zero-order valence-corrected chi connectivity index (χ0v) is 8.10. The Bertz CT molecular complexity index is 154. The predicted octanol–water partition coefficient (Wildman–Crippen LogP) is 2.73. The van der Waals surface area contributed by atoms with Crippen molar-refractivity contribution in [3.63, 3.8) is 0 Å². The average molecular weight is 168 g/mol. The van der Waals surface area contributed by atoms with Gasteiger partial charge in [-0.25, -0.2) is 0 Å². The van der Waals surface area contributed by atoms with Crippen LogP contribution in [0.25, 0.3) is 0 Å². The van der Waals surface area contributed by atoms with Crippen LogP contribution in [0.15, 0.2) is 0 Å². The summed E-state index contributed by atoms with van der Waals surface area (Å²) in [6.45, 7) is 2.71. The predicted molar refractivity (Wildman–Crippen MR) is 49.9 cm³/mol. The van der Waals surface area contributed by atoms with Crippen LogP contribution in [-0.2, 0) is 0 Å². The van der Waals surface area contributed by atoms with E-state index >= 15 is 0 Å². The van der Waals surface area contributed by atoms with Gasteiger partial charge in [-0.1, -0.05) is 26.2 Å². The lowest BCUT2D eigenvalue weighted by Crippen LogP contribution is -2.63. The Kier molecular flexibility index (Phi) is 1.95. The van der Waals surface area contributed by atoms with Gasteiger partial charge in [-0.3, -0.25) is 0 Å². The van der Waals surface area contributed by atoms with Crippen molar-refractivity contribution >= 4 is 0 Å². The number of hydrogen-bond acceptors (Lipinski definition) is 1. The van der Waals surface area contributed by atoms with E-state index in [1.165, 1.54) is 44.9 Å². The van der Waals surface area contributed by atoms with E-state index in [0.29, 0.717) is 12.0 Å². The highest BCUT2D eigenvalue weighted by molar-refractivity contribution is 5.16. The zero-order chi connectivity index (χ0) is 8.66. The molecule has 2 bridgehead atoms. The number of rotatable bonds is 5. The molecule has 1 nitrogen and oxygen atoms in total. The second kappa shape index (κ2) is 2.73. The van der Waals surface area contributed by atoms with Gasteiger partial charge in [-0.2, -0.15) is 0 Å². The summed E-state index contributed by atoms with van der Waals surface area (Å²) < 4.78 is 0. The van der Waals surface area contributed by atoms with Crippen LogP contribution in [-0.4, -0.2) is 11.7 Å². The van der Waals surface area contributed by atoms with Crippen molar-refractivity contribution in [1.29, 1.82) is 0 Å². The minimum Gasteiger partial charge on any atom is -0.396 e. The Morgan fingerprint density at radius 1 is 1.08 bits per heavy atom. The van der Waals surface area contributed by atoms with Gasteiger partial charge in [0, 0.05) is 6.61 Å². The first-order chi connectivity index (χ1) is 5.74. The van der Waals surface area contributed by atoms with Crippen LogP contribution in [0.1, 0.15) is 51.9 Å². The van der Waals surface area contributed by atoms with Gasteiger partial charge in [0.15, 0.2) is 0 Å². The van der Waals surface area contributed by atoms with E-state index in [1.54, 1.807) is 0 Å². The summed E-state index contributed by atoms with van der Waals surface area (Å²) in [5, 5.41) is 9.07. The van der Waals surface area contributed by atoms with Crippen molar-refractivity contribution in [2.24, 2.45) is 10.8 Å². The van der Waals surface area contributed by atoms with Crippen molar-refractivity contribution in [2.45, 2.75) is 51.9 Å². The zero-order valence-electron chi connectivity index (χ0n) is 8.10. The van der Waals surface area contributed by atoms with Crippen LogP contribution in [0.3, 0.4) is 0 Å². The number of unbranched alkanes of at least 4 members (excludes halogenated alkanes) is 2. The summed E-state index contributed by atoms with van der Waals surface area (Å²) in [4.78, 5) is 0. The fraction of sp³-hybridized carbons (Fsp3) is 1.00. The quantitative estimate of drug-likeness (QED) is 0.626. The molecule has 0 aromatic carbocycles. The van der Waals surface area contributed by atoms with Crippen LogP contribution in [0.5, 0.6) is 0 Å². The molecule has 0 aromatic rings. The minimum absolute atomic E-state index is 0.423. The molecule has 1 N–H and O–H groups in total. The first kappa shape index (κ1) is 8.55. The van der Waals surface area contributed by atoms with Crippen LogP contribution >= 0.6 is 0 Å². The van der Waals surface area contributed by atoms with Gasteiger partial charge < -0.3 is 5.11 Å². The van der Waals surface area contributed by atoms with Gasteiger partial charge in [-0.15, -0.1) is 0 Å². The van der Waals surface area contributed by atoms with Crippen LogP contribution in [0.4, 0.5) is 0 Å². The smallest absolute Gasteiger partial charge is 0.0488 e. The lowest BCUT2D eigenvalue weighted by Gasteiger charge is -2.71. The Morgan fingerprint density at radius 3 is 2.25 bits per heavy atom. The highest BCUT2D eigenvalue weighted by Crippen LogP contribution is 2.74. The standard InChI is InChI=1S/C11H20O/c1-2-3-4-5-10-6-11(7-10,8-10)9-12/h12H,2-9H2,1H3. The van der Waals surface area contributed by atoms with E-state index in [-0.39, 0.29) is 0 Å². The topological polar surface area (TPSA) is 20.2 Å². The lowest BCUT2D eigenvalue weighted by molar-refractivity contribution is -0.227. The van der Waals surface area contributed by atoms with Crippen LogP contribution in [0.2, 0.25) is 0 Å². The van der Waals surface area contributed by atoms with Gasteiger partial charge in [0.25, 0.3) is 0 Å². The number of aliphatic hydroxyl groups is 1. The summed E-state index contributed by atoms with van der Waals surface area (Å²) in [6.07, 6.45) is 9.58. The van der Waals surface area contributed by atoms with Gasteiger partial charge in [0.05, 0.1) is 0 Å². The Hall–Kier alpha value is -0.0400. The summed E-state index contributed by atoms with van der Waals surface area (Å²) in [5.41, 5.74) is 1.14. The lowest BCUT2D eigenvalue weighted by atomic mass is 9.34. The molecule has 1 heteroatoms. The van der Waals surface area contributed by atoms with Gasteiger partial charge in [0.1, 0.15) is 0 Å². The largest absolute Gasteiger partial charge is 0.396 e. The molecule has 3 saturated carbocycles. The maximum absolute atomic E-state index is 9.07. The first-order valence-electron chi connectivity index (χ1n) is 5.35. The summed E-state index contributed by atoms with van der Waals surface area (Å²) in [6, 6.07) is 0. The van der Waals surface area contributed by atoms with E-state index in [4.69, 9.17) is 5.11 Å². The molecule has 0 heterocycles. The molecular weight excluding hydrogens is 148 g/mol. The Balaban J connectivity index is 1.67. The van der Waals surface area contributed by atoms with Crippen molar-refractivity contribution in [1.82, 2.24) is 0 Å². The van der Waals surface area contributed by atoms with Crippen molar-refractivity contribution in [2.75, 3.05) is 6.61 Å². The van der Waals surface area contributed by atoms with E-state index in [1.807, 2.05) is 0 Å². The summed E-state index contributed by atoms with van der Waals surface area (Å²) in [5.74, 6) is 0. The molecule has 3 rings (SSSR count). The van der Waals surface area contributed by atoms with Crippen LogP contribution < -0.4 is 0 Å². The normalized spacial score (nSPS) is 43.5. The molecular formula is C11H20O. The summed E-state index contributed by atoms with van der Waals surface area (Å²) >= 11 is 0. The van der Waals surface area contributed by atoms with Crippen molar-refractivity contribution in [3.05, 3.63) is 0 Å². The van der Waals surface area contributed by atoms with Crippen molar-refractivity contribution < 1.29 is 5.11 Å². The maximum atomic E-state index is 9.07. The maximum Gasteiger partial charge on any atom is 0.0488 e. The second-order valence-corrected chi connectivity index (χ2v) is 5.15. The minimum atomic E-state index is 0.423. The first-order valence-corrected chi connectivity index (χ1v) is 5.35. The molecule has 0 aromatic heterocycles. The van der Waals surface area contributed by atoms with Gasteiger partial charge in [0.2, 0.25) is 0 Å². The third kappa shape index (κ3) is 1.10. The molecule has 3 fully saturated rings. The second-order valence-electron chi connectivity index (χ2n) is 5.15. The Morgan fingerprint density at radius 2 is 1.75 bits per heavy atom. The molecule has 0 amide bonds. The molecule has 0 radical (unpaired) electrons. The van der Waals surface area contributed by atoms with Gasteiger partial charge in [-0.05, 0) is 36.5 Å². The average Bonchev–Trinajstić information content (AvgIpc) is 1.92. The fourth-order valence-corrected chi connectivity index (χ4v) is 3.41. The Labute approximate surface area is 75.2 Å². The summed E-state index contributed by atoms with van der Waals surface area (Å²) in [7, 11) is 0. The molecule has 3 aliphatic rings. The molecule has 3 aliphatic carbocycles. The molecule has 0 spiro atoms. The van der Waals surface area contributed by atoms with E-state index < -0.39 is 0 Å². The van der Waals surface area contributed by atoms with Crippen LogP contribution in [0, 0.1) is 10.8 Å².